The zero-order valence-corrected chi connectivity index (χ0v) is 6.31. The van der Waals surface area contributed by atoms with Crippen LogP contribution < -0.4 is 5.32 Å². The van der Waals surface area contributed by atoms with Gasteiger partial charge < -0.3 is 5.32 Å². The van der Waals surface area contributed by atoms with Gasteiger partial charge >= 0.3 is 24.9 Å². The first-order valence-corrected chi connectivity index (χ1v) is 4.46. The number of hydrogen-bond donors (Lipinski definition) is 1. The summed E-state index contributed by atoms with van der Waals surface area (Å²) in [5.74, 6) is 2.47. The molecule has 0 saturated carbocycles. The van der Waals surface area contributed by atoms with Crippen molar-refractivity contribution in [3.8, 4) is 0 Å². The topological polar surface area (TPSA) is 12.0 Å². The van der Waals surface area contributed by atoms with Gasteiger partial charge in [-0.15, -0.1) is 11.8 Å². The van der Waals surface area contributed by atoms with Crippen LogP contribution in [0.3, 0.4) is 0 Å². The molecule has 1 heterocycles. The average Bonchev–Trinajstić information content (AvgIpc) is 2.23. The van der Waals surface area contributed by atoms with Crippen molar-refractivity contribution in [2.75, 3.05) is 18.2 Å². The molecule has 1 aliphatic heterocycles. The Bertz CT molecular complexity index is 32.3. The van der Waals surface area contributed by atoms with Crippen LogP contribution in [0.1, 0.15) is 0 Å². The quantitative estimate of drug-likeness (QED) is 0.563. The molecule has 0 aromatic carbocycles. The molecule has 1 saturated heterocycles. The van der Waals surface area contributed by atoms with Crippen LogP contribution in [0.2, 0.25) is 0 Å². The summed E-state index contributed by atoms with van der Waals surface area (Å²) >= 11 is 5.73. The summed E-state index contributed by atoms with van der Waals surface area (Å²) in [6.07, 6.45) is 0. The summed E-state index contributed by atoms with van der Waals surface area (Å²) in [6, 6.07) is 0. The fourth-order valence-electron chi connectivity index (χ4n) is 0.361. The SMILES string of the molecule is C1CSCN1.[S]=[Cu]. The maximum atomic E-state index is 3.77. The molecule has 1 N–H and O–H groups in total. The van der Waals surface area contributed by atoms with E-state index in [-0.39, 0.29) is 0 Å². The van der Waals surface area contributed by atoms with Gasteiger partial charge in [0.05, 0.1) is 0 Å². The summed E-state index contributed by atoms with van der Waals surface area (Å²) in [7, 11) is 3.65. The normalized spacial score (nSPS) is 18.0. The Labute approximate surface area is 60.3 Å². The Morgan fingerprint density at radius 3 is 2.43 bits per heavy atom. The molecule has 1 fully saturated rings. The average molecular weight is 185 g/mol. The van der Waals surface area contributed by atoms with E-state index in [0.29, 0.717) is 0 Å². The van der Waals surface area contributed by atoms with Crippen molar-refractivity contribution in [2.24, 2.45) is 0 Å². The molecule has 7 heavy (non-hydrogen) atoms. The first kappa shape index (κ1) is 8.05. The molecule has 0 aromatic rings. The first-order chi connectivity index (χ1) is 3.50. The van der Waals surface area contributed by atoms with Crippen molar-refractivity contribution in [1.29, 1.82) is 0 Å². The van der Waals surface area contributed by atoms with E-state index < -0.39 is 0 Å². The molecule has 47 valence electrons. The van der Waals surface area contributed by atoms with Crippen LogP contribution in [0.15, 0.2) is 0 Å². The van der Waals surface area contributed by atoms with Gasteiger partial charge in [-0.25, -0.2) is 0 Å². The maximum absolute atomic E-state index is 3.77. The van der Waals surface area contributed by atoms with E-state index in [9.17, 15) is 0 Å². The van der Waals surface area contributed by atoms with E-state index in [1.54, 1.807) is 0 Å². The van der Waals surface area contributed by atoms with Crippen LogP contribution in [-0.4, -0.2) is 18.2 Å². The Balaban J connectivity index is 0.000000162. The number of thioether (sulfide) groups is 1. The van der Waals surface area contributed by atoms with Gasteiger partial charge in [-0.3, -0.25) is 0 Å². The number of hydrogen-bond acceptors (Lipinski definition) is 3. The third-order valence-corrected chi connectivity index (χ3v) is 1.53. The van der Waals surface area contributed by atoms with Gasteiger partial charge in [0, 0.05) is 18.2 Å². The van der Waals surface area contributed by atoms with Crippen LogP contribution >= 0.6 is 22.3 Å². The van der Waals surface area contributed by atoms with Gasteiger partial charge in [-0.1, -0.05) is 0 Å². The molecule has 4 heteroatoms. The van der Waals surface area contributed by atoms with Gasteiger partial charge in [0.2, 0.25) is 0 Å². The Morgan fingerprint density at radius 2 is 2.29 bits per heavy atom. The van der Waals surface area contributed by atoms with Crippen molar-refractivity contribution in [3.63, 3.8) is 0 Å². The van der Waals surface area contributed by atoms with Crippen LogP contribution in [-0.2, 0) is 14.4 Å². The standard InChI is InChI=1S/C3H7NS.Cu.S/c1-2-5-3-4-1;;/h4H,1-3H2;;. The number of rotatable bonds is 0. The molecule has 1 nitrogen and oxygen atoms in total. The molecule has 1 rings (SSSR count). The minimum absolute atomic E-state index is 1.17. The predicted octanol–water partition coefficient (Wildman–Crippen LogP) is 0.926. The Hall–Kier alpha value is 1.05. The molecule has 0 amide bonds. The van der Waals surface area contributed by atoms with Crippen LogP contribution in [0.5, 0.6) is 0 Å². The van der Waals surface area contributed by atoms with Crippen molar-refractivity contribution in [1.82, 2.24) is 5.32 Å². The fourth-order valence-corrected chi connectivity index (χ4v) is 1.08. The summed E-state index contributed by atoms with van der Waals surface area (Å²) in [6.45, 7) is 1.21. The second kappa shape index (κ2) is 7.05. The van der Waals surface area contributed by atoms with Crippen LogP contribution in [0.4, 0.5) is 0 Å². The van der Waals surface area contributed by atoms with E-state index in [4.69, 9.17) is 0 Å². The molecule has 0 bridgehead atoms. The molecule has 1 aliphatic rings. The second-order valence-electron chi connectivity index (χ2n) is 1.05. The van der Waals surface area contributed by atoms with E-state index in [1.807, 2.05) is 11.8 Å². The van der Waals surface area contributed by atoms with Crippen LogP contribution in [0.25, 0.3) is 0 Å². The van der Waals surface area contributed by atoms with Gasteiger partial charge in [0.1, 0.15) is 0 Å². The van der Waals surface area contributed by atoms with E-state index in [2.05, 4.69) is 30.3 Å². The molecule has 0 atom stereocenters. The molecular formula is C3H7CuNS2. The molecule has 0 spiro atoms. The van der Waals surface area contributed by atoms with Crippen molar-refractivity contribution >= 4 is 22.3 Å². The van der Waals surface area contributed by atoms with Gasteiger partial charge in [-0.2, -0.15) is 0 Å². The van der Waals surface area contributed by atoms with Crippen LogP contribution in [0, 0.1) is 0 Å². The van der Waals surface area contributed by atoms with Gasteiger partial charge in [0.25, 0.3) is 0 Å². The molecule has 0 unspecified atom stereocenters. The van der Waals surface area contributed by atoms with Crippen molar-refractivity contribution in [2.45, 2.75) is 0 Å². The van der Waals surface area contributed by atoms with Crippen molar-refractivity contribution < 1.29 is 14.4 Å². The monoisotopic (exact) mass is 184 g/mol. The third-order valence-electron chi connectivity index (χ3n) is 0.627. The molecule has 0 aliphatic carbocycles. The van der Waals surface area contributed by atoms with Gasteiger partial charge in [0.15, 0.2) is 0 Å². The van der Waals surface area contributed by atoms with E-state index in [0.717, 1.165) is 0 Å². The second-order valence-corrected chi connectivity index (χ2v) is 2.16. The summed E-state index contributed by atoms with van der Waals surface area (Å²) in [4.78, 5) is 0. The Morgan fingerprint density at radius 1 is 1.57 bits per heavy atom. The predicted molar refractivity (Wildman–Crippen MR) is 32.9 cm³/mol. The zero-order chi connectivity index (χ0) is 5.54. The van der Waals surface area contributed by atoms with Crippen molar-refractivity contribution in [3.05, 3.63) is 0 Å². The summed E-state index contributed by atoms with van der Waals surface area (Å²) in [5.41, 5.74) is 0. The van der Waals surface area contributed by atoms with E-state index in [1.165, 1.54) is 18.2 Å². The molecular weight excluding hydrogens is 178 g/mol. The third kappa shape index (κ3) is 4.91. The van der Waals surface area contributed by atoms with Gasteiger partial charge in [-0.05, 0) is 0 Å². The molecule has 0 aromatic heterocycles. The summed E-state index contributed by atoms with van der Waals surface area (Å²) in [5, 5.41) is 3.19. The summed E-state index contributed by atoms with van der Waals surface area (Å²) < 4.78 is 0. The number of nitrogens with one attached hydrogen (secondary N) is 1. The minimum atomic E-state index is 1.17. The van der Waals surface area contributed by atoms with E-state index >= 15 is 0 Å². The first-order valence-electron chi connectivity index (χ1n) is 1.91. The molecule has 0 radical (unpaired) electrons. The Kier molecular flexibility index (Phi) is 8.11. The zero-order valence-electron chi connectivity index (χ0n) is 3.74. The fraction of sp³-hybridized carbons (Fsp3) is 1.00.